The van der Waals surface area contributed by atoms with Crippen molar-refractivity contribution in [2.45, 2.75) is 45.7 Å². The van der Waals surface area contributed by atoms with Crippen LogP contribution in [0.1, 0.15) is 30.7 Å². The highest BCUT2D eigenvalue weighted by Gasteiger charge is 2.25. The van der Waals surface area contributed by atoms with Gasteiger partial charge in [-0.15, -0.1) is 0 Å². The Morgan fingerprint density at radius 1 is 1.10 bits per heavy atom. The van der Waals surface area contributed by atoms with Crippen molar-refractivity contribution in [2.75, 3.05) is 4.90 Å². The van der Waals surface area contributed by atoms with Crippen LogP contribution in [0.4, 0.5) is 10.8 Å². The average Bonchev–Trinajstić information content (AvgIpc) is 3.21. The van der Waals surface area contributed by atoms with E-state index < -0.39 is 0 Å². The lowest BCUT2D eigenvalue weighted by molar-refractivity contribution is -0.118. The molecule has 0 unspecified atom stereocenters. The first kappa shape index (κ1) is 19.7. The van der Waals surface area contributed by atoms with Crippen LogP contribution in [0.5, 0.6) is 0 Å². The zero-order chi connectivity index (χ0) is 21.4. The third-order valence-corrected chi connectivity index (χ3v) is 6.67. The topological polar surface area (TPSA) is 73.0 Å². The Morgan fingerprint density at radius 2 is 1.90 bits per heavy atom. The van der Waals surface area contributed by atoms with Crippen molar-refractivity contribution in [1.29, 1.82) is 0 Å². The summed E-state index contributed by atoms with van der Waals surface area (Å²) in [5.41, 5.74) is 2.36. The third-order valence-electron chi connectivity index (χ3n) is 5.65. The number of benzene rings is 2. The van der Waals surface area contributed by atoms with Gasteiger partial charge in [-0.3, -0.25) is 14.3 Å². The SMILES string of the molecule is Cc1ccccc1N(C(=O)Cn1nc2n(c1=O)CCCCC2)c1nc2ccccc2s1. The number of hydrogen-bond donors (Lipinski definition) is 0. The number of carbonyl (C=O) groups excluding carboxylic acids is 1. The summed E-state index contributed by atoms with van der Waals surface area (Å²) >= 11 is 1.46. The molecule has 2 aromatic carbocycles. The average molecular weight is 434 g/mol. The summed E-state index contributed by atoms with van der Waals surface area (Å²) in [6, 6.07) is 15.5. The Hall–Kier alpha value is -3.26. The number of hydrogen-bond acceptors (Lipinski definition) is 5. The highest BCUT2D eigenvalue weighted by molar-refractivity contribution is 7.22. The minimum Gasteiger partial charge on any atom is -0.279 e. The lowest BCUT2D eigenvalue weighted by Crippen LogP contribution is -2.35. The van der Waals surface area contributed by atoms with Crippen molar-refractivity contribution < 1.29 is 4.79 Å². The van der Waals surface area contributed by atoms with Crippen LogP contribution in [0.15, 0.2) is 53.3 Å². The molecule has 1 aliphatic rings. The number of para-hydroxylation sites is 2. The van der Waals surface area contributed by atoms with Crippen molar-refractivity contribution in [3.8, 4) is 0 Å². The van der Waals surface area contributed by atoms with Gasteiger partial charge >= 0.3 is 5.69 Å². The summed E-state index contributed by atoms with van der Waals surface area (Å²) < 4.78 is 4.03. The minimum absolute atomic E-state index is 0.122. The van der Waals surface area contributed by atoms with E-state index in [9.17, 15) is 9.59 Å². The molecule has 7 nitrogen and oxygen atoms in total. The highest BCUT2D eigenvalue weighted by atomic mass is 32.1. The first-order chi connectivity index (χ1) is 15.1. The number of aryl methyl sites for hydroxylation is 2. The molecule has 0 fully saturated rings. The van der Waals surface area contributed by atoms with Crippen molar-refractivity contribution in [1.82, 2.24) is 19.3 Å². The van der Waals surface area contributed by atoms with E-state index in [1.54, 1.807) is 9.47 Å². The predicted molar refractivity (Wildman–Crippen MR) is 122 cm³/mol. The Bertz CT molecular complexity index is 1290. The zero-order valence-corrected chi connectivity index (χ0v) is 18.1. The van der Waals surface area contributed by atoms with Crippen molar-refractivity contribution >= 4 is 38.3 Å². The van der Waals surface area contributed by atoms with Gasteiger partial charge in [-0.25, -0.2) is 14.5 Å². The van der Waals surface area contributed by atoms with Crippen molar-refractivity contribution in [3.63, 3.8) is 0 Å². The Balaban J connectivity index is 1.55. The van der Waals surface area contributed by atoms with Gasteiger partial charge < -0.3 is 0 Å². The van der Waals surface area contributed by atoms with E-state index in [1.165, 1.54) is 16.0 Å². The second-order valence-electron chi connectivity index (χ2n) is 7.80. The van der Waals surface area contributed by atoms with Crippen LogP contribution in [0.3, 0.4) is 0 Å². The maximum absolute atomic E-state index is 13.6. The van der Waals surface area contributed by atoms with Crippen LogP contribution in [-0.4, -0.2) is 25.2 Å². The Kier molecular flexibility index (Phi) is 5.15. The van der Waals surface area contributed by atoms with Gasteiger partial charge in [0.05, 0.1) is 15.9 Å². The molecule has 3 heterocycles. The fraction of sp³-hybridized carbons (Fsp3) is 0.304. The molecule has 0 saturated carbocycles. The smallest absolute Gasteiger partial charge is 0.279 e. The molecular weight excluding hydrogens is 410 g/mol. The summed E-state index contributed by atoms with van der Waals surface area (Å²) in [6.07, 6.45) is 3.86. The molecule has 5 rings (SSSR count). The number of aromatic nitrogens is 4. The maximum atomic E-state index is 13.6. The van der Waals surface area contributed by atoms with E-state index >= 15 is 0 Å². The first-order valence-electron chi connectivity index (χ1n) is 10.5. The standard InChI is InChI=1S/C23H23N5O2S/c1-16-9-4-6-11-18(16)28(22-24-17-10-5-7-12-19(17)31-22)21(29)15-27-23(30)26-14-8-2-3-13-20(26)25-27/h4-7,9-12H,2-3,8,13-15H2,1H3. The lowest BCUT2D eigenvalue weighted by Gasteiger charge is -2.21. The molecule has 0 radical (unpaired) electrons. The molecule has 31 heavy (non-hydrogen) atoms. The number of nitrogens with zero attached hydrogens (tertiary/aromatic N) is 5. The van der Waals surface area contributed by atoms with Crippen LogP contribution in [0.25, 0.3) is 10.2 Å². The molecule has 4 aromatic rings. The molecule has 8 heteroatoms. The van der Waals surface area contributed by atoms with E-state index in [0.29, 0.717) is 11.7 Å². The molecule has 0 saturated heterocycles. The van der Waals surface area contributed by atoms with Crippen molar-refractivity contribution in [2.24, 2.45) is 0 Å². The van der Waals surface area contributed by atoms with Gasteiger partial charge in [0, 0.05) is 13.0 Å². The number of thiazole rings is 1. The van der Waals surface area contributed by atoms with Crippen molar-refractivity contribution in [3.05, 3.63) is 70.4 Å². The summed E-state index contributed by atoms with van der Waals surface area (Å²) in [7, 11) is 0. The first-order valence-corrected chi connectivity index (χ1v) is 11.3. The van der Waals surface area contributed by atoms with Crippen LogP contribution >= 0.6 is 11.3 Å². The molecule has 158 valence electrons. The Labute approximate surface area is 183 Å². The largest absolute Gasteiger partial charge is 0.346 e. The van der Waals surface area contributed by atoms with Crippen LogP contribution in [0.2, 0.25) is 0 Å². The molecule has 2 aromatic heterocycles. The second kappa shape index (κ2) is 8.11. The fourth-order valence-corrected chi connectivity index (χ4v) is 5.04. The molecule has 0 bridgehead atoms. The fourth-order valence-electron chi connectivity index (χ4n) is 4.04. The monoisotopic (exact) mass is 433 g/mol. The minimum atomic E-state index is -0.233. The molecule has 1 amide bonds. The predicted octanol–water partition coefficient (Wildman–Crippen LogP) is 4.05. The number of fused-ring (bicyclic) bond motifs is 2. The summed E-state index contributed by atoms with van der Waals surface area (Å²) in [4.78, 5) is 32.8. The van der Waals surface area contributed by atoms with E-state index in [2.05, 4.69) is 5.10 Å². The summed E-state index contributed by atoms with van der Waals surface area (Å²) in [5, 5.41) is 5.08. The molecule has 0 atom stereocenters. The number of carbonyl (C=O) groups is 1. The zero-order valence-electron chi connectivity index (χ0n) is 17.3. The van der Waals surface area contributed by atoms with Gasteiger partial charge in [0.25, 0.3) is 5.91 Å². The quantitative estimate of drug-likeness (QED) is 0.487. The maximum Gasteiger partial charge on any atom is 0.346 e. The molecule has 0 N–H and O–H groups in total. The Morgan fingerprint density at radius 3 is 2.74 bits per heavy atom. The van der Waals surface area contributed by atoms with E-state index in [1.807, 2.05) is 55.5 Å². The van der Waals surface area contributed by atoms with Gasteiger partial charge in [-0.1, -0.05) is 48.1 Å². The van der Waals surface area contributed by atoms with Gasteiger partial charge in [-0.05, 0) is 43.5 Å². The van der Waals surface area contributed by atoms with Gasteiger partial charge in [0.2, 0.25) is 0 Å². The molecule has 0 aliphatic carbocycles. The van der Waals surface area contributed by atoms with Crippen LogP contribution in [0, 0.1) is 6.92 Å². The normalized spacial score (nSPS) is 13.7. The molecule has 0 spiro atoms. The van der Waals surface area contributed by atoms with Crippen LogP contribution < -0.4 is 10.6 Å². The highest BCUT2D eigenvalue weighted by Crippen LogP contribution is 2.35. The van der Waals surface area contributed by atoms with E-state index in [4.69, 9.17) is 4.98 Å². The lowest BCUT2D eigenvalue weighted by atomic mass is 10.2. The second-order valence-corrected chi connectivity index (χ2v) is 8.81. The summed E-state index contributed by atoms with van der Waals surface area (Å²) in [6.45, 7) is 2.51. The van der Waals surface area contributed by atoms with Gasteiger partial charge in [-0.2, -0.15) is 5.10 Å². The molecular formula is C23H23N5O2S. The number of anilines is 2. The van der Waals surface area contributed by atoms with E-state index in [0.717, 1.165) is 53.0 Å². The number of rotatable bonds is 4. The number of amides is 1. The van der Waals surface area contributed by atoms with Gasteiger partial charge in [0.15, 0.2) is 5.13 Å². The molecule has 1 aliphatic heterocycles. The van der Waals surface area contributed by atoms with Gasteiger partial charge in [0.1, 0.15) is 12.4 Å². The third kappa shape index (κ3) is 3.67. The van der Waals surface area contributed by atoms with Crippen LogP contribution in [-0.2, 0) is 24.3 Å². The van der Waals surface area contributed by atoms with E-state index in [-0.39, 0.29) is 18.1 Å². The summed E-state index contributed by atoms with van der Waals surface area (Å²) in [5.74, 6) is 0.543.